The molecule has 2 aromatic heterocycles. The van der Waals surface area contributed by atoms with Crippen LogP contribution in [0.4, 0.5) is 0 Å². The zero-order valence-corrected chi connectivity index (χ0v) is 13.2. The first kappa shape index (κ1) is 14.3. The number of H-pyrrole nitrogens is 2. The normalized spacial score (nSPS) is 10.7. The molecule has 118 valence electrons. The fourth-order valence-electron chi connectivity index (χ4n) is 2.55. The zero-order valence-electron chi connectivity index (χ0n) is 13.2. The van der Waals surface area contributed by atoms with Gasteiger partial charge in [-0.15, -0.1) is 0 Å². The summed E-state index contributed by atoms with van der Waals surface area (Å²) in [5, 5.41) is 0. The van der Waals surface area contributed by atoms with E-state index in [9.17, 15) is 0 Å². The molecule has 2 aromatic carbocycles. The molecular weight excluding hydrogens is 300 g/mol. The van der Waals surface area contributed by atoms with Crippen molar-refractivity contribution < 1.29 is 4.74 Å². The van der Waals surface area contributed by atoms with Crippen LogP contribution in [0.5, 0.6) is 11.5 Å². The molecule has 4 rings (SSSR count). The highest BCUT2D eigenvalue weighted by molar-refractivity contribution is 5.61. The van der Waals surface area contributed by atoms with Crippen LogP contribution in [0.2, 0.25) is 0 Å². The third-order valence-corrected chi connectivity index (χ3v) is 3.75. The summed E-state index contributed by atoms with van der Waals surface area (Å²) in [4.78, 5) is 14.6. The summed E-state index contributed by atoms with van der Waals surface area (Å²) in [6, 6.07) is 15.8. The summed E-state index contributed by atoms with van der Waals surface area (Å²) < 4.78 is 5.96. The highest BCUT2D eigenvalue weighted by atomic mass is 16.5. The summed E-state index contributed by atoms with van der Waals surface area (Å²) in [7, 11) is 0. The molecule has 0 aliphatic carbocycles. The van der Waals surface area contributed by atoms with Gasteiger partial charge in [-0.1, -0.05) is 12.1 Å². The largest absolute Gasteiger partial charge is 0.457 e. The molecule has 5 heteroatoms. The van der Waals surface area contributed by atoms with Crippen molar-refractivity contribution in [2.24, 2.45) is 0 Å². The smallest absolute Gasteiger partial charge is 0.128 e. The number of ether oxygens (including phenoxy) is 1. The molecule has 0 aliphatic rings. The van der Waals surface area contributed by atoms with Crippen molar-refractivity contribution in [2.75, 3.05) is 0 Å². The Bertz CT molecular complexity index is 940. The first-order valence-corrected chi connectivity index (χ1v) is 7.67. The number of aromatic amines is 2. The van der Waals surface area contributed by atoms with E-state index in [0.717, 1.165) is 39.8 Å². The van der Waals surface area contributed by atoms with Crippen LogP contribution < -0.4 is 4.74 Å². The molecule has 4 aromatic rings. The monoisotopic (exact) mass is 316 g/mol. The van der Waals surface area contributed by atoms with Gasteiger partial charge in [-0.05, 0) is 48.9 Å². The number of benzene rings is 2. The number of hydrogen-bond acceptors (Lipinski definition) is 3. The van der Waals surface area contributed by atoms with Gasteiger partial charge in [-0.2, -0.15) is 0 Å². The van der Waals surface area contributed by atoms with Gasteiger partial charge in [0.2, 0.25) is 0 Å². The van der Waals surface area contributed by atoms with E-state index >= 15 is 0 Å². The first-order valence-electron chi connectivity index (χ1n) is 7.67. The minimum Gasteiger partial charge on any atom is -0.457 e. The zero-order chi connectivity index (χ0) is 16.4. The van der Waals surface area contributed by atoms with Gasteiger partial charge in [0.15, 0.2) is 0 Å². The highest BCUT2D eigenvalue weighted by Gasteiger charge is 2.04. The van der Waals surface area contributed by atoms with Crippen molar-refractivity contribution in [3.8, 4) is 34.0 Å². The lowest BCUT2D eigenvalue weighted by Crippen LogP contribution is -1.86. The molecule has 0 spiro atoms. The van der Waals surface area contributed by atoms with Crippen LogP contribution in [-0.4, -0.2) is 19.9 Å². The number of nitrogens with one attached hydrogen (secondary N) is 2. The van der Waals surface area contributed by atoms with Crippen LogP contribution in [0.25, 0.3) is 22.5 Å². The fourth-order valence-corrected chi connectivity index (χ4v) is 2.55. The van der Waals surface area contributed by atoms with Gasteiger partial charge in [0, 0.05) is 5.56 Å². The van der Waals surface area contributed by atoms with Gasteiger partial charge in [-0.25, -0.2) is 9.97 Å². The molecule has 2 N–H and O–H groups in total. The maximum absolute atomic E-state index is 5.96. The Hall–Kier alpha value is -3.34. The highest BCUT2D eigenvalue weighted by Crippen LogP contribution is 2.28. The SMILES string of the molecule is Cc1ncc(-c2cccc(Oc3ccc(-c4cnc[nH]4)cc3)c2)[nH]1. The molecule has 0 saturated heterocycles. The molecule has 0 saturated carbocycles. The van der Waals surface area contributed by atoms with Gasteiger partial charge in [-0.3, -0.25) is 0 Å². The number of aryl methyl sites for hydroxylation is 1. The maximum atomic E-state index is 5.96. The molecule has 0 unspecified atom stereocenters. The number of nitrogens with zero attached hydrogens (tertiary/aromatic N) is 2. The lowest BCUT2D eigenvalue weighted by molar-refractivity contribution is 0.483. The Balaban J connectivity index is 1.55. The Morgan fingerprint density at radius 1 is 0.875 bits per heavy atom. The van der Waals surface area contributed by atoms with Crippen LogP contribution in [-0.2, 0) is 0 Å². The predicted octanol–water partition coefficient (Wildman–Crippen LogP) is 4.57. The van der Waals surface area contributed by atoms with Gasteiger partial charge in [0.1, 0.15) is 17.3 Å². The summed E-state index contributed by atoms with van der Waals surface area (Å²) in [6.07, 6.45) is 5.29. The quantitative estimate of drug-likeness (QED) is 0.579. The molecule has 2 heterocycles. The predicted molar refractivity (Wildman–Crippen MR) is 92.9 cm³/mol. The summed E-state index contributed by atoms with van der Waals surface area (Å²) in [5.41, 5.74) is 4.08. The van der Waals surface area contributed by atoms with Gasteiger partial charge < -0.3 is 14.7 Å². The lowest BCUT2D eigenvalue weighted by atomic mass is 10.1. The van der Waals surface area contributed by atoms with Crippen LogP contribution in [0.1, 0.15) is 5.82 Å². The summed E-state index contributed by atoms with van der Waals surface area (Å²) >= 11 is 0. The van der Waals surface area contributed by atoms with Crippen molar-refractivity contribution in [1.29, 1.82) is 0 Å². The number of rotatable bonds is 4. The molecule has 0 bridgehead atoms. The van der Waals surface area contributed by atoms with Crippen molar-refractivity contribution in [2.45, 2.75) is 6.92 Å². The Labute approximate surface area is 139 Å². The van der Waals surface area contributed by atoms with E-state index in [1.807, 2.05) is 61.7 Å². The van der Waals surface area contributed by atoms with E-state index in [0.29, 0.717) is 0 Å². The van der Waals surface area contributed by atoms with Crippen molar-refractivity contribution in [3.05, 3.63) is 73.1 Å². The van der Waals surface area contributed by atoms with Crippen molar-refractivity contribution in [1.82, 2.24) is 19.9 Å². The molecule has 0 radical (unpaired) electrons. The first-order chi connectivity index (χ1) is 11.8. The summed E-state index contributed by atoms with van der Waals surface area (Å²) in [5.74, 6) is 2.47. The Morgan fingerprint density at radius 2 is 1.75 bits per heavy atom. The summed E-state index contributed by atoms with van der Waals surface area (Å²) in [6.45, 7) is 1.94. The van der Waals surface area contributed by atoms with Gasteiger partial charge >= 0.3 is 0 Å². The van der Waals surface area contributed by atoms with Crippen LogP contribution in [0, 0.1) is 6.92 Å². The fraction of sp³-hybridized carbons (Fsp3) is 0.0526. The average molecular weight is 316 g/mol. The van der Waals surface area contributed by atoms with Crippen molar-refractivity contribution >= 4 is 0 Å². The second kappa shape index (κ2) is 6.04. The topological polar surface area (TPSA) is 66.6 Å². The number of aromatic nitrogens is 4. The van der Waals surface area contributed by atoms with Crippen LogP contribution >= 0.6 is 0 Å². The van der Waals surface area contributed by atoms with Gasteiger partial charge in [0.25, 0.3) is 0 Å². The van der Waals surface area contributed by atoms with E-state index in [1.54, 1.807) is 12.5 Å². The average Bonchev–Trinajstić information content (AvgIpc) is 3.28. The Kier molecular flexibility index (Phi) is 3.59. The minimum atomic E-state index is 0.786. The van der Waals surface area contributed by atoms with Crippen LogP contribution in [0.3, 0.4) is 0 Å². The van der Waals surface area contributed by atoms with E-state index in [4.69, 9.17) is 4.74 Å². The van der Waals surface area contributed by atoms with E-state index in [1.165, 1.54) is 0 Å². The maximum Gasteiger partial charge on any atom is 0.128 e. The Morgan fingerprint density at radius 3 is 2.46 bits per heavy atom. The second-order valence-electron chi connectivity index (χ2n) is 5.50. The standard InChI is InChI=1S/C19H16N4O/c1-13-21-11-19(23-13)15-3-2-4-17(9-15)24-16-7-5-14(6-8-16)18-10-20-12-22-18/h2-12H,1H3,(H,20,22)(H,21,23). The van der Waals surface area contributed by atoms with E-state index < -0.39 is 0 Å². The molecule has 0 fully saturated rings. The number of hydrogen-bond donors (Lipinski definition) is 2. The molecule has 0 aliphatic heterocycles. The third kappa shape index (κ3) is 2.92. The molecule has 24 heavy (non-hydrogen) atoms. The number of imidazole rings is 2. The molecule has 0 amide bonds. The molecule has 5 nitrogen and oxygen atoms in total. The van der Waals surface area contributed by atoms with Crippen LogP contribution in [0.15, 0.2) is 67.3 Å². The molecular formula is C19H16N4O. The van der Waals surface area contributed by atoms with E-state index in [2.05, 4.69) is 19.9 Å². The molecule has 0 atom stereocenters. The van der Waals surface area contributed by atoms with Crippen molar-refractivity contribution in [3.63, 3.8) is 0 Å². The third-order valence-electron chi connectivity index (χ3n) is 3.75. The van der Waals surface area contributed by atoms with Gasteiger partial charge in [0.05, 0.1) is 30.1 Å². The lowest BCUT2D eigenvalue weighted by Gasteiger charge is -2.08. The second-order valence-corrected chi connectivity index (χ2v) is 5.50. The minimum absolute atomic E-state index is 0.786. The van der Waals surface area contributed by atoms with E-state index in [-0.39, 0.29) is 0 Å².